The van der Waals surface area contributed by atoms with Crippen molar-refractivity contribution in [1.29, 1.82) is 0 Å². The number of hydrogen-bond donors (Lipinski definition) is 2. The predicted octanol–water partition coefficient (Wildman–Crippen LogP) is 1.45. The van der Waals surface area contributed by atoms with E-state index in [-0.39, 0.29) is 5.91 Å². The Hall–Kier alpha value is -0.610. The molecule has 112 valence electrons. The first-order chi connectivity index (χ1) is 8.92. The van der Waals surface area contributed by atoms with Gasteiger partial charge in [-0.1, -0.05) is 20.8 Å². The lowest BCUT2D eigenvalue weighted by atomic mass is 9.92. The molecule has 0 aromatic rings. The fourth-order valence-electron chi connectivity index (χ4n) is 3.03. The summed E-state index contributed by atoms with van der Waals surface area (Å²) >= 11 is 0. The highest BCUT2D eigenvalue weighted by Gasteiger charge is 2.26. The number of likely N-dealkylation sites (tertiary alicyclic amines) is 1. The number of amides is 1. The lowest BCUT2D eigenvalue weighted by Gasteiger charge is -2.35. The molecule has 1 heterocycles. The van der Waals surface area contributed by atoms with Gasteiger partial charge in [-0.3, -0.25) is 4.79 Å². The van der Waals surface area contributed by atoms with Crippen molar-refractivity contribution in [2.24, 2.45) is 23.5 Å². The summed E-state index contributed by atoms with van der Waals surface area (Å²) in [5.41, 5.74) is 5.76. The van der Waals surface area contributed by atoms with Gasteiger partial charge in [-0.15, -0.1) is 0 Å². The van der Waals surface area contributed by atoms with Crippen molar-refractivity contribution in [3.63, 3.8) is 0 Å². The third-order valence-corrected chi connectivity index (χ3v) is 4.07. The fraction of sp³-hybridized carbons (Fsp3) is 0.933. The first-order valence-corrected chi connectivity index (χ1v) is 7.60. The fourth-order valence-corrected chi connectivity index (χ4v) is 3.03. The van der Waals surface area contributed by atoms with Crippen LogP contribution in [0.4, 0.5) is 0 Å². The average molecular weight is 269 g/mol. The molecule has 2 unspecified atom stereocenters. The second-order valence-corrected chi connectivity index (χ2v) is 6.64. The van der Waals surface area contributed by atoms with Crippen LogP contribution in [0.15, 0.2) is 0 Å². The third-order valence-electron chi connectivity index (χ3n) is 4.07. The molecule has 4 heteroatoms. The maximum absolute atomic E-state index is 12.1. The molecule has 1 aliphatic rings. The number of nitrogens with one attached hydrogen (secondary N) is 1. The van der Waals surface area contributed by atoms with Gasteiger partial charge >= 0.3 is 0 Å². The second-order valence-electron chi connectivity index (χ2n) is 6.64. The van der Waals surface area contributed by atoms with Crippen LogP contribution >= 0.6 is 0 Å². The molecule has 1 aliphatic heterocycles. The molecule has 1 amide bonds. The van der Waals surface area contributed by atoms with E-state index in [1.54, 1.807) is 0 Å². The first-order valence-electron chi connectivity index (χ1n) is 7.60. The van der Waals surface area contributed by atoms with Gasteiger partial charge in [0.05, 0.1) is 0 Å². The Bertz CT molecular complexity index is 281. The van der Waals surface area contributed by atoms with Crippen molar-refractivity contribution in [3.05, 3.63) is 0 Å². The Morgan fingerprint density at radius 2 is 2.16 bits per heavy atom. The Morgan fingerprint density at radius 1 is 1.47 bits per heavy atom. The molecule has 1 saturated heterocycles. The summed E-state index contributed by atoms with van der Waals surface area (Å²) < 4.78 is 0. The normalized spacial score (nSPS) is 26.4. The summed E-state index contributed by atoms with van der Waals surface area (Å²) in [6.45, 7) is 9.32. The number of piperidine rings is 1. The molecule has 0 radical (unpaired) electrons. The van der Waals surface area contributed by atoms with Crippen molar-refractivity contribution < 1.29 is 4.79 Å². The van der Waals surface area contributed by atoms with Crippen molar-refractivity contribution in [2.75, 3.05) is 26.7 Å². The quantitative estimate of drug-likeness (QED) is 0.767. The van der Waals surface area contributed by atoms with E-state index in [9.17, 15) is 4.79 Å². The van der Waals surface area contributed by atoms with E-state index < -0.39 is 0 Å². The monoisotopic (exact) mass is 269 g/mol. The number of hydrogen-bond acceptors (Lipinski definition) is 3. The molecule has 3 atom stereocenters. The molecule has 0 bridgehead atoms. The highest BCUT2D eigenvalue weighted by atomic mass is 16.1. The van der Waals surface area contributed by atoms with Crippen molar-refractivity contribution in [2.45, 2.75) is 46.1 Å². The summed E-state index contributed by atoms with van der Waals surface area (Å²) in [7, 11) is 2.14. The number of nitrogens with zero attached hydrogens (tertiary/aromatic N) is 1. The van der Waals surface area contributed by atoms with Crippen molar-refractivity contribution in [3.8, 4) is 0 Å². The number of carbonyl (C=O) groups excluding carboxylic acids is 1. The topological polar surface area (TPSA) is 58.4 Å². The molecule has 3 N–H and O–H groups in total. The highest BCUT2D eigenvalue weighted by Crippen LogP contribution is 2.17. The molecular weight excluding hydrogens is 238 g/mol. The van der Waals surface area contributed by atoms with Crippen LogP contribution in [0, 0.1) is 17.8 Å². The van der Waals surface area contributed by atoms with Crippen LogP contribution in [0.3, 0.4) is 0 Å². The molecule has 19 heavy (non-hydrogen) atoms. The number of nitrogens with two attached hydrogens (primary N) is 1. The minimum Gasteiger partial charge on any atom is -0.353 e. The molecule has 0 aromatic carbocycles. The summed E-state index contributed by atoms with van der Waals surface area (Å²) in [4.78, 5) is 14.4. The number of carbonyl (C=O) groups is 1. The van der Waals surface area contributed by atoms with E-state index in [1.165, 1.54) is 0 Å². The van der Waals surface area contributed by atoms with Crippen LogP contribution in [0.1, 0.15) is 40.0 Å². The largest absolute Gasteiger partial charge is 0.353 e. The lowest BCUT2D eigenvalue weighted by molar-refractivity contribution is -0.123. The van der Waals surface area contributed by atoms with E-state index in [0.29, 0.717) is 36.8 Å². The third kappa shape index (κ3) is 5.91. The zero-order valence-corrected chi connectivity index (χ0v) is 13.0. The predicted molar refractivity (Wildman–Crippen MR) is 79.8 cm³/mol. The van der Waals surface area contributed by atoms with Crippen molar-refractivity contribution in [1.82, 2.24) is 10.2 Å². The van der Waals surface area contributed by atoms with Gasteiger partial charge in [0.15, 0.2) is 0 Å². The smallest absolute Gasteiger partial charge is 0.220 e. The molecule has 1 fully saturated rings. The SMILES string of the molecule is CC(C)C[C@H](CN)CC(=O)NC1CCN(C)CC1C. The van der Waals surface area contributed by atoms with Crippen LogP contribution < -0.4 is 11.1 Å². The van der Waals surface area contributed by atoms with Gasteiger partial charge in [-0.2, -0.15) is 0 Å². The Balaban J connectivity index is 2.37. The van der Waals surface area contributed by atoms with E-state index in [4.69, 9.17) is 5.73 Å². The van der Waals surface area contributed by atoms with Gasteiger partial charge in [-0.05, 0) is 50.7 Å². The minimum atomic E-state index is 0.178. The first kappa shape index (κ1) is 16.4. The summed E-state index contributed by atoms with van der Waals surface area (Å²) in [5, 5.41) is 3.21. The zero-order valence-electron chi connectivity index (χ0n) is 13.0. The maximum Gasteiger partial charge on any atom is 0.220 e. The van der Waals surface area contributed by atoms with Crippen molar-refractivity contribution >= 4 is 5.91 Å². The van der Waals surface area contributed by atoms with Gasteiger partial charge in [0.25, 0.3) is 0 Å². The Kier molecular flexibility index (Phi) is 6.80. The zero-order chi connectivity index (χ0) is 14.4. The van der Waals surface area contributed by atoms with Crippen LogP contribution in [0.5, 0.6) is 0 Å². The Morgan fingerprint density at radius 3 is 2.68 bits per heavy atom. The van der Waals surface area contributed by atoms with Crippen LogP contribution in [0.25, 0.3) is 0 Å². The Labute approximate surface area is 118 Å². The molecule has 0 spiro atoms. The standard InChI is InChI=1S/C15H31N3O/c1-11(2)7-13(9-16)8-15(19)17-14-5-6-18(4)10-12(14)3/h11-14H,5-10,16H2,1-4H3,(H,17,19)/t12?,13-,14?/m0/s1. The van der Waals surface area contributed by atoms with E-state index in [2.05, 4.69) is 38.0 Å². The van der Waals surface area contributed by atoms with E-state index >= 15 is 0 Å². The summed E-state index contributed by atoms with van der Waals surface area (Å²) in [6, 6.07) is 0.334. The van der Waals surface area contributed by atoms with Gasteiger partial charge in [0, 0.05) is 19.0 Å². The second kappa shape index (κ2) is 7.85. The molecular formula is C15H31N3O. The van der Waals surface area contributed by atoms with Gasteiger partial charge in [0.2, 0.25) is 5.91 Å². The minimum absolute atomic E-state index is 0.178. The van der Waals surface area contributed by atoms with Crippen LogP contribution in [-0.4, -0.2) is 43.5 Å². The summed E-state index contributed by atoms with van der Waals surface area (Å²) in [5.74, 6) is 1.63. The molecule has 1 rings (SSSR count). The molecule has 0 aliphatic carbocycles. The average Bonchev–Trinajstić information content (AvgIpc) is 2.31. The van der Waals surface area contributed by atoms with Crippen LogP contribution in [0.2, 0.25) is 0 Å². The van der Waals surface area contributed by atoms with E-state index in [1.807, 2.05) is 0 Å². The summed E-state index contributed by atoms with van der Waals surface area (Å²) in [6.07, 6.45) is 2.67. The number of rotatable bonds is 6. The molecule has 4 nitrogen and oxygen atoms in total. The van der Waals surface area contributed by atoms with Gasteiger partial charge in [0.1, 0.15) is 0 Å². The van der Waals surface area contributed by atoms with Crippen LogP contribution in [-0.2, 0) is 4.79 Å². The van der Waals surface area contributed by atoms with Gasteiger partial charge in [-0.25, -0.2) is 0 Å². The lowest BCUT2D eigenvalue weighted by Crippen LogP contribution is -2.49. The van der Waals surface area contributed by atoms with Gasteiger partial charge < -0.3 is 16.0 Å². The van der Waals surface area contributed by atoms with E-state index in [0.717, 1.165) is 25.9 Å². The molecule has 0 saturated carbocycles. The highest BCUT2D eigenvalue weighted by molar-refractivity contribution is 5.76. The maximum atomic E-state index is 12.1. The molecule has 0 aromatic heterocycles.